The van der Waals surface area contributed by atoms with E-state index in [1.807, 2.05) is 18.2 Å². The fourth-order valence-electron chi connectivity index (χ4n) is 2.00. The number of H-pyrrole nitrogens is 1. The molecule has 7 heteroatoms. The van der Waals surface area contributed by atoms with Crippen molar-refractivity contribution in [2.45, 2.75) is 37.1 Å². The van der Waals surface area contributed by atoms with Gasteiger partial charge in [-0.3, -0.25) is 5.10 Å². The molecule has 0 spiro atoms. The zero-order valence-corrected chi connectivity index (χ0v) is 13.1. The van der Waals surface area contributed by atoms with Crippen molar-refractivity contribution in [1.82, 2.24) is 25.4 Å². The first-order valence-corrected chi connectivity index (χ1v) is 8.21. The monoisotopic (exact) mass is 315 g/mol. The Labute approximate surface area is 132 Å². The Morgan fingerprint density at radius 3 is 2.77 bits per heavy atom. The third-order valence-corrected chi connectivity index (χ3v) is 3.85. The Hall–Kier alpha value is -2.15. The Balaban J connectivity index is 1.55. The number of rotatable bonds is 7. The number of hydrogen-bond acceptors (Lipinski definition) is 6. The lowest BCUT2D eigenvalue weighted by Gasteiger charge is -1.95. The fourth-order valence-corrected chi connectivity index (χ4v) is 2.65. The molecule has 0 aliphatic heterocycles. The number of nitrogens with one attached hydrogen (secondary N) is 1. The molecule has 2 aromatic heterocycles. The van der Waals surface area contributed by atoms with Crippen LogP contribution >= 0.6 is 11.8 Å². The van der Waals surface area contributed by atoms with Gasteiger partial charge in [0.25, 0.3) is 0 Å². The number of nitrogens with zero attached hydrogens (tertiary/aromatic N) is 4. The summed E-state index contributed by atoms with van der Waals surface area (Å²) in [4.78, 5) is 4.47. The van der Waals surface area contributed by atoms with Crippen molar-refractivity contribution in [3.05, 3.63) is 53.5 Å². The highest BCUT2D eigenvalue weighted by Crippen LogP contribution is 2.19. The van der Waals surface area contributed by atoms with Crippen LogP contribution < -0.4 is 0 Å². The van der Waals surface area contributed by atoms with E-state index < -0.39 is 0 Å². The Kier molecular flexibility index (Phi) is 4.85. The SMILES string of the molecule is CCCc1nnc(CSc2n[nH]c(Cc3ccccc3)n2)o1. The predicted octanol–water partition coefficient (Wildman–Crippen LogP) is 3.02. The molecule has 3 aromatic rings. The molecule has 0 unspecified atom stereocenters. The van der Waals surface area contributed by atoms with E-state index in [9.17, 15) is 0 Å². The summed E-state index contributed by atoms with van der Waals surface area (Å²) < 4.78 is 5.54. The van der Waals surface area contributed by atoms with E-state index in [0.29, 0.717) is 22.7 Å². The first kappa shape index (κ1) is 14.8. The van der Waals surface area contributed by atoms with E-state index in [1.165, 1.54) is 17.3 Å². The quantitative estimate of drug-likeness (QED) is 0.675. The molecule has 0 saturated carbocycles. The topological polar surface area (TPSA) is 80.5 Å². The van der Waals surface area contributed by atoms with Crippen LogP contribution in [0.3, 0.4) is 0 Å². The summed E-state index contributed by atoms with van der Waals surface area (Å²) in [5, 5.41) is 15.9. The molecule has 0 aliphatic rings. The Bertz CT molecular complexity index is 710. The van der Waals surface area contributed by atoms with Crippen LogP contribution in [0.15, 0.2) is 39.9 Å². The molecule has 1 N–H and O–H groups in total. The minimum absolute atomic E-state index is 0.583. The summed E-state index contributed by atoms with van der Waals surface area (Å²) >= 11 is 1.49. The molecule has 0 amide bonds. The van der Waals surface area contributed by atoms with Crippen LogP contribution in [0.1, 0.15) is 36.5 Å². The van der Waals surface area contributed by atoms with Crippen molar-refractivity contribution in [2.24, 2.45) is 0 Å². The minimum Gasteiger partial charge on any atom is -0.424 e. The van der Waals surface area contributed by atoms with Crippen molar-refractivity contribution in [3.63, 3.8) is 0 Å². The second-order valence-electron chi connectivity index (χ2n) is 4.86. The third-order valence-electron chi connectivity index (χ3n) is 3.02. The lowest BCUT2D eigenvalue weighted by molar-refractivity contribution is 0.462. The van der Waals surface area contributed by atoms with Gasteiger partial charge in [0, 0.05) is 12.8 Å². The maximum atomic E-state index is 5.54. The summed E-state index contributed by atoms with van der Waals surface area (Å²) in [6, 6.07) is 10.2. The van der Waals surface area contributed by atoms with Gasteiger partial charge in [-0.25, -0.2) is 4.98 Å². The summed E-state index contributed by atoms with van der Waals surface area (Å²) in [7, 11) is 0. The largest absolute Gasteiger partial charge is 0.424 e. The number of aromatic nitrogens is 5. The van der Waals surface area contributed by atoms with E-state index in [-0.39, 0.29) is 0 Å². The summed E-state index contributed by atoms with van der Waals surface area (Å²) in [5.74, 6) is 2.74. The molecule has 0 fully saturated rings. The van der Waals surface area contributed by atoms with E-state index >= 15 is 0 Å². The van der Waals surface area contributed by atoms with Crippen LogP contribution in [-0.2, 0) is 18.6 Å². The van der Waals surface area contributed by atoms with Crippen molar-refractivity contribution >= 4 is 11.8 Å². The number of benzene rings is 1. The number of aryl methyl sites for hydroxylation is 1. The van der Waals surface area contributed by atoms with Gasteiger partial charge < -0.3 is 4.42 Å². The highest BCUT2D eigenvalue weighted by Gasteiger charge is 2.09. The van der Waals surface area contributed by atoms with E-state index in [0.717, 1.165) is 25.1 Å². The van der Waals surface area contributed by atoms with Gasteiger partial charge in [0.1, 0.15) is 5.82 Å². The summed E-state index contributed by atoms with van der Waals surface area (Å²) in [6.07, 6.45) is 2.56. The van der Waals surface area contributed by atoms with Gasteiger partial charge in [-0.05, 0) is 12.0 Å². The zero-order valence-electron chi connectivity index (χ0n) is 12.3. The van der Waals surface area contributed by atoms with Crippen LogP contribution in [0.4, 0.5) is 0 Å². The van der Waals surface area contributed by atoms with Gasteiger partial charge in [-0.15, -0.1) is 15.3 Å². The molecule has 0 atom stereocenters. The first-order chi connectivity index (χ1) is 10.8. The summed E-state index contributed by atoms with van der Waals surface area (Å²) in [5.41, 5.74) is 1.20. The minimum atomic E-state index is 0.583. The molecule has 114 valence electrons. The van der Waals surface area contributed by atoms with Crippen LogP contribution in [0.25, 0.3) is 0 Å². The molecule has 0 aliphatic carbocycles. The standard InChI is InChI=1S/C15H17N5OS/c1-2-6-13-18-19-14(21-13)10-22-15-16-12(17-20-15)9-11-7-4-3-5-8-11/h3-5,7-8H,2,6,9-10H2,1H3,(H,16,17,20). The van der Waals surface area contributed by atoms with Crippen LogP contribution in [-0.4, -0.2) is 25.4 Å². The smallest absolute Gasteiger partial charge is 0.226 e. The lowest BCUT2D eigenvalue weighted by Crippen LogP contribution is -1.90. The average Bonchev–Trinajstić information content (AvgIpc) is 3.16. The van der Waals surface area contributed by atoms with Gasteiger partial charge in [0.15, 0.2) is 0 Å². The normalized spacial score (nSPS) is 11.0. The predicted molar refractivity (Wildman–Crippen MR) is 83.5 cm³/mol. The third kappa shape index (κ3) is 3.94. The maximum Gasteiger partial charge on any atom is 0.226 e. The Morgan fingerprint density at radius 1 is 1.14 bits per heavy atom. The molecular formula is C15H17N5OS. The van der Waals surface area contributed by atoms with E-state index in [4.69, 9.17) is 4.42 Å². The summed E-state index contributed by atoms with van der Waals surface area (Å²) in [6.45, 7) is 2.08. The number of hydrogen-bond donors (Lipinski definition) is 1. The molecular weight excluding hydrogens is 298 g/mol. The van der Waals surface area contributed by atoms with Gasteiger partial charge in [-0.1, -0.05) is 49.0 Å². The van der Waals surface area contributed by atoms with Crippen molar-refractivity contribution in [3.8, 4) is 0 Å². The van der Waals surface area contributed by atoms with Crippen LogP contribution in [0, 0.1) is 0 Å². The zero-order chi connectivity index (χ0) is 15.2. The van der Waals surface area contributed by atoms with E-state index in [2.05, 4.69) is 44.4 Å². The Morgan fingerprint density at radius 2 is 1.95 bits per heavy atom. The molecule has 6 nitrogen and oxygen atoms in total. The highest BCUT2D eigenvalue weighted by atomic mass is 32.2. The number of thioether (sulfide) groups is 1. The average molecular weight is 315 g/mol. The van der Waals surface area contributed by atoms with Crippen molar-refractivity contribution in [2.75, 3.05) is 0 Å². The molecule has 2 heterocycles. The lowest BCUT2D eigenvalue weighted by atomic mass is 10.1. The number of aromatic amines is 1. The van der Waals surface area contributed by atoms with Gasteiger partial charge in [0.05, 0.1) is 5.75 Å². The van der Waals surface area contributed by atoms with Crippen molar-refractivity contribution < 1.29 is 4.42 Å². The second kappa shape index (κ2) is 7.22. The van der Waals surface area contributed by atoms with Gasteiger partial charge >= 0.3 is 0 Å². The second-order valence-corrected chi connectivity index (χ2v) is 5.80. The molecule has 22 heavy (non-hydrogen) atoms. The molecule has 0 saturated heterocycles. The van der Waals surface area contributed by atoms with Gasteiger partial charge in [0.2, 0.25) is 16.9 Å². The molecule has 0 radical (unpaired) electrons. The molecule has 3 rings (SSSR count). The van der Waals surface area contributed by atoms with Gasteiger partial charge in [-0.2, -0.15) is 0 Å². The highest BCUT2D eigenvalue weighted by molar-refractivity contribution is 7.98. The molecule has 0 bridgehead atoms. The fraction of sp³-hybridized carbons (Fsp3) is 0.333. The first-order valence-electron chi connectivity index (χ1n) is 7.22. The van der Waals surface area contributed by atoms with Crippen LogP contribution in [0.5, 0.6) is 0 Å². The maximum absolute atomic E-state index is 5.54. The van der Waals surface area contributed by atoms with Crippen molar-refractivity contribution in [1.29, 1.82) is 0 Å². The molecule has 1 aromatic carbocycles. The van der Waals surface area contributed by atoms with E-state index in [1.54, 1.807) is 0 Å². The van der Waals surface area contributed by atoms with Crippen LogP contribution in [0.2, 0.25) is 0 Å².